The first-order valence-electron chi connectivity index (χ1n) is 5.41. The Bertz CT molecular complexity index is 701. The Kier molecular flexibility index (Phi) is 3.67. The summed E-state index contributed by atoms with van der Waals surface area (Å²) in [5.41, 5.74) is -1.67. The van der Waals surface area contributed by atoms with Crippen LogP contribution in [0.1, 0.15) is 5.69 Å². The maximum absolute atomic E-state index is 12.5. The van der Waals surface area contributed by atoms with E-state index in [-0.39, 0.29) is 4.77 Å². The molecule has 2 rings (SSSR count). The van der Waals surface area contributed by atoms with Crippen molar-refractivity contribution < 1.29 is 17.9 Å². The molecule has 0 spiro atoms. The minimum atomic E-state index is -4.65. The Hall–Kier alpha value is -2.09. The van der Waals surface area contributed by atoms with Gasteiger partial charge in [-0.25, -0.2) is 0 Å². The predicted octanol–water partition coefficient (Wildman–Crippen LogP) is 2.92. The zero-order valence-electron chi connectivity index (χ0n) is 10.2. The molecule has 0 saturated heterocycles. The summed E-state index contributed by atoms with van der Waals surface area (Å²) in [7, 11) is 1.48. The minimum absolute atomic E-state index is 0.324. The average molecular weight is 302 g/mol. The van der Waals surface area contributed by atoms with Crippen molar-refractivity contribution in [3.63, 3.8) is 0 Å². The Labute approximate surface area is 116 Å². The van der Waals surface area contributed by atoms with Crippen LogP contribution in [0.4, 0.5) is 13.2 Å². The zero-order chi connectivity index (χ0) is 14.9. The SMILES string of the molecule is COc1ccc(-n2c(=O)cc(C(F)(F)F)[nH]c2=S)cc1. The summed E-state index contributed by atoms with van der Waals surface area (Å²) >= 11 is 4.82. The number of benzene rings is 1. The fourth-order valence-electron chi connectivity index (χ4n) is 1.62. The van der Waals surface area contributed by atoms with Gasteiger partial charge in [0.25, 0.3) is 5.56 Å². The lowest BCUT2D eigenvalue weighted by Crippen LogP contribution is -2.23. The van der Waals surface area contributed by atoms with Crippen molar-refractivity contribution in [2.75, 3.05) is 7.11 Å². The number of rotatable bonds is 2. The van der Waals surface area contributed by atoms with Gasteiger partial charge in [-0.05, 0) is 36.5 Å². The Morgan fingerprint density at radius 2 is 1.85 bits per heavy atom. The van der Waals surface area contributed by atoms with E-state index < -0.39 is 17.4 Å². The van der Waals surface area contributed by atoms with E-state index in [2.05, 4.69) is 0 Å². The van der Waals surface area contributed by atoms with E-state index in [1.165, 1.54) is 19.2 Å². The fraction of sp³-hybridized carbons (Fsp3) is 0.167. The molecule has 0 atom stereocenters. The number of nitrogens with zero attached hydrogens (tertiary/aromatic N) is 1. The summed E-state index contributed by atoms with van der Waals surface area (Å²) in [6.45, 7) is 0. The molecule has 0 aliphatic heterocycles. The summed E-state index contributed by atoms with van der Waals surface area (Å²) in [5, 5.41) is 0. The van der Waals surface area contributed by atoms with Gasteiger partial charge in [0.15, 0.2) is 4.77 Å². The van der Waals surface area contributed by atoms with E-state index >= 15 is 0 Å². The molecule has 0 radical (unpaired) electrons. The highest BCUT2D eigenvalue weighted by Crippen LogP contribution is 2.26. The molecule has 1 N–H and O–H groups in total. The third-order valence-corrected chi connectivity index (χ3v) is 2.85. The van der Waals surface area contributed by atoms with E-state index in [0.29, 0.717) is 17.5 Å². The number of aromatic amines is 1. The molecule has 0 aliphatic carbocycles. The Morgan fingerprint density at radius 3 is 2.30 bits per heavy atom. The van der Waals surface area contributed by atoms with Crippen molar-refractivity contribution in [3.8, 4) is 11.4 Å². The Morgan fingerprint density at radius 1 is 1.25 bits per heavy atom. The monoisotopic (exact) mass is 302 g/mol. The number of hydrogen-bond acceptors (Lipinski definition) is 3. The van der Waals surface area contributed by atoms with Gasteiger partial charge < -0.3 is 9.72 Å². The van der Waals surface area contributed by atoms with Gasteiger partial charge in [0.1, 0.15) is 11.4 Å². The predicted molar refractivity (Wildman–Crippen MR) is 68.8 cm³/mol. The molecule has 4 nitrogen and oxygen atoms in total. The lowest BCUT2D eigenvalue weighted by Gasteiger charge is -2.10. The molecular formula is C12H9F3N2O2S. The van der Waals surface area contributed by atoms with E-state index in [1.54, 1.807) is 12.1 Å². The number of ether oxygens (including phenoxy) is 1. The number of aromatic nitrogens is 2. The van der Waals surface area contributed by atoms with Crippen LogP contribution in [-0.4, -0.2) is 16.7 Å². The molecule has 1 heterocycles. The van der Waals surface area contributed by atoms with Crippen molar-refractivity contribution in [1.29, 1.82) is 0 Å². The Balaban J connectivity index is 2.58. The molecule has 0 bridgehead atoms. The van der Waals surface area contributed by atoms with E-state index in [0.717, 1.165) is 4.57 Å². The topological polar surface area (TPSA) is 47.0 Å². The minimum Gasteiger partial charge on any atom is -0.497 e. The van der Waals surface area contributed by atoms with Gasteiger partial charge in [-0.2, -0.15) is 13.2 Å². The summed E-state index contributed by atoms with van der Waals surface area (Å²) in [6.07, 6.45) is -4.65. The van der Waals surface area contributed by atoms with Crippen LogP contribution in [0, 0.1) is 4.77 Å². The third-order valence-electron chi connectivity index (χ3n) is 2.57. The van der Waals surface area contributed by atoms with Crippen molar-refractivity contribution in [1.82, 2.24) is 9.55 Å². The first-order chi connectivity index (χ1) is 9.32. The van der Waals surface area contributed by atoms with Gasteiger partial charge in [-0.1, -0.05) is 0 Å². The van der Waals surface area contributed by atoms with Gasteiger partial charge in [-0.15, -0.1) is 0 Å². The summed E-state index contributed by atoms with van der Waals surface area (Å²) in [4.78, 5) is 13.8. The standard InChI is InChI=1S/C12H9F3N2O2S/c1-19-8-4-2-7(3-5-8)17-10(18)6-9(12(13,14)15)16-11(17)20/h2-6H,1H3,(H,16,20). The van der Waals surface area contributed by atoms with Crippen molar-refractivity contribution in [2.24, 2.45) is 0 Å². The molecule has 0 saturated carbocycles. The molecule has 20 heavy (non-hydrogen) atoms. The second-order valence-corrected chi connectivity index (χ2v) is 4.24. The lowest BCUT2D eigenvalue weighted by molar-refractivity contribution is -0.141. The molecule has 8 heteroatoms. The first-order valence-corrected chi connectivity index (χ1v) is 5.82. The van der Waals surface area contributed by atoms with Gasteiger partial charge in [0.2, 0.25) is 0 Å². The van der Waals surface area contributed by atoms with Gasteiger partial charge in [0, 0.05) is 6.07 Å². The number of methoxy groups -OCH3 is 1. The van der Waals surface area contributed by atoms with Crippen molar-refractivity contribution in [2.45, 2.75) is 6.18 Å². The average Bonchev–Trinajstić information content (AvgIpc) is 2.37. The maximum Gasteiger partial charge on any atom is 0.431 e. The fourth-order valence-corrected chi connectivity index (χ4v) is 1.93. The lowest BCUT2D eigenvalue weighted by atomic mass is 10.3. The molecule has 1 aromatic heterocycles. The number of halogens is 3. The largest absolute Gasteiger partial charge is 0.497 e. The molecule has 106 valence electrons. The van der Waals surface area contributed by atoms with Crippen LogP contribution in [0.15, 0.2) is 35.1 Å². The van der Waals surface area contributed by atoms with Crippen LogP contribution in [0.3, 0.4) is 0 Å². The van der Waals surface area contributed by atoms with Gasteiger partial charge in [-0.3, -0.25) is 9.36 Å². The first kappa shape index (κ1) is 14.3. The van der Waals surface area contributed by atoms with Crippen LogP contribution < -0.4 is 10.3 Å². The summed E-state index contributed by atoms with van der Waals surface area (Å²) in [6, 6.07) is 6.68. The van der Waals surface area contributed by atoms with Crippen LogP contribution in [-0.2, 0) is 6.18 Å². The second kappa shape index (κ2) is 5.12. The summed E-state index contributed by atoms with van der Waals surface area (Å²) < 4.78 is 43.2. The maximum atomic E-state index is 12.5. The smallest absolute Gasteiger partial charge is 0.431 e. The molecular weight excluding hydrogens is 293 g/mol. The molecule has 2 aromatic rings. The second-order valence-electron chi connectivity index (χ2n) is 3.86. The van der Waals surface area contributed by atoms with Crippen LogP contribution in [0.5, 0.6) is 5.75 Å². The van der Waals surface area contributed by atoms with Crippen LogP contribution in [0.25, 0.3) is 5.69 Å². The highest BCUT2D eigenvalue weighted by atomic mass is 32.1. The number of nitrogens with one attached hydrogen (secondary N) is 1. The van der Waals surface area contributed by atoms with Gasteiger partial charge in [0.05, 0.1) is 12.8 Å². The van der Waals surface area contributed by atoms with Crippen molar-refractivity contribution >= 4 is 12.2 Å². The van der Waals surface area contributed by atoms with Gasteiger partial charge >= 0.3 is 6.18 Å². The van der Waals surface area contributed by atoms with Crippen molar-refractivity contribution in [3.05, 3.63) is 51.2 Å². The zero-order valence-corrected chi connectivity index (χ0v) is 11.0. The number of alkyl halides is 3. The molecule has 1 aromatic carbocycles. The van der Waals surface area contributed by atoms with Crippen LogP contribution in [0.2, 0.25) is 0 Å². The number of hydrogen-bond donors (Lipinski definition) is 1. The van der Waals surface area contributed by atoms with E-state index in [4.69, 9.17) is 17.0 Å². The normalized spacial score (nSPS) is 11.4. The highest BCUT2D eigenvalue weighted by Gasteiger charge is 2.32. The summed E-state index contributed by atoms with van der Waals surface area (Å²) in [5.74, 6) is 0.559. The third kappa shape index (κ3) is 2.74. The van der Waals surface area contributed by atoms with E-state index in [9.17, 15) is 18.0 Å². The van der Waals surface area contributed by atoms with E-state index in [1.807, 2.05) is 4.98 Å². The van der Waals surface area contributed by atoms with Crippen LogP contribution >= 0.6 is 12.2 Å². The highest BCUT2D eigenvalue weighted by molar-refractivity contribution is 7.71. The molecule has 0 unspecified atom stereocenters. The molecule has 0 fully saturated rings. The molecule has 0 amide bonds. The number of H-pyrrole nitrogens is 1. The quantitative estimate of drug-likeness (QED) is 0.868. The molecule has 0 aliphatic rings.